The Morgan fingerprint density at radius 3 is 2.46 bits per heavy atom. The summed E-state index contributed by atoms with van der Waals surface area (Å²) in [5.74, 6) is 0.0423. The molecule has 2 heterocycles. The second kappa shape index (κ2) is 10.4. The number of amides is 1. The van der Waals surface area contributed by atoms with Crippen LogP contribution in [0.5, 0.6) is 0 Å². The molecule has 1 amide bonds. The van der Waals surface area contributed by atoms with Crippen LogP contribution >= 0.6 is 27.5 Å². The molecule has 1 saturated heterocycles. The Morgan fingerprint density at radius 1 is 1.09 bits per heavy atom. The lowest BCUT2D eigenvalue weighted by atomic mass is 10.1. The Hall–Kier alpha value is -2.27. The third-order valence-corrected chi connectivity index (χ3v) is 9.08. The molecule has 0 unspecified atom stereocenters. The lowest BCUT2D eigenvalue weighted by Gasteiger charge is -2.34. The van der Waals surface area contributed by atoms with Gasteiger partial charge in [0.15, 0.2) is 9.84 Å². The zero-order valence-electron chi connectivity index (χ0n) is 19.5. The van der Waals surface area contributed by atoms with E-state index in [1.807, 2.05) is 11.0 Å². The van der Waals surface area contributed by atoms with Gasteiger partial charge in [-0.05, 0) is 41.5 Å². The van der Waals surface area contributed by atoms with E-state index in [0.717, 1.165) is 23.1 Å². The van der Waals surface area contributed by atoms with Gasteiger partial charge in [0.2, 0.25) is 5.91 Å². The van der Waals surface area contributed by atoms with Gasteiger partial charge in [-0.25, -0.2) is 13.4 Å². The number of benzene rings is 2. The van der Waals surface area contributed by atoms with Gasteiger partial charge in [0.1, 0.15) is 0 Å². The molecule has 0 radical (unpaired) electrons. The molecule has 1 aliphatic heterocycles. The predicted octanol–water partition coefficient (Wildman–Crippen LogP) is 3.32. The first-order chi connectivity index (χ1) is 16.6. The summed E-state index contributed by atoms with van der Waals surface area (Å²) in [6.45, 7) is 6.83. The number of rotatable bonds is 6. The van der Waals surface area contributed by atoms with E-state index in [0.29, 0.717) is 41.1 Å². The molecule has 2 aromatic carbocycles. The third kappa shape index (κ3) is 5.61. The van der Waals surface area contributed by atoms with Crippen LogP contribution in [0.15, 0.2) is 50.8 Å². The van der Waals surface area contributed by atoms with Gasteiger partial charge in [-0.3, -0.25) is 19.1 Å². The lowest BCUT2D eigenvalue weighted by Crippen LogP contribution is -2.47. The van der Waals surface area contributed by atoms with Gasteiger partial charge in [0, 0.05) is 49.1 Å². The van der Waals surface area contributed by atoms with E-state index in [9.17, 15) is 18.0 Å². The summed E-state index contributed by atoms with van der Waals surface area (Å²) in [5.41, 5.74) is 1.75. The molecule has 0 aliphatic carbocycles. The van der Waals surface area contributed by atoms with E-state index in [1.54, 1.807) is 26.0 Å². The number of fused-ring (bicyclic) bond motifs is 1. The predicted molar refractivity (Wildman–Crippen MR) is 140 cm³/mol. The highest BCUT2D eigenvalue weighted by molar-refractivity contribution is 9.10. The van der Waals surface area contributed by atoms with Crippen LogP contribution in [0.1, 0.15) is 25.0 Å². The van der Waals surface area contributed by atoms with Crippen LogP contribution in [0.4, 0.5) is 0 Å². The average Bonchev–Trinajstić information content (AvgIpc) is 2.82. The standard InChI is InChI=1S/C24H26BrClN4O4S/c1-3-35(33,34)23-5-4-19(26)10-18(23)14-30-15-27-22-11-17(21(25)12-20(22)24(30)32)13-28-6-8-29(9-7-28)16(2)31/h4-5,10-12,15H,3,6-9,13-14H2,1-2H3. The van der Waals surface area contributed by atoms with Crippen LogP contribution in [0.3, 0.4) is 0 Å². The summed E-state index contributed by atoms with van der Waals surface area (Å²) in [4.78, 5) is 33.6. The minimum atomic E-state index is -3.48. The highest BCUT2D eigenvalue weighted by atomic mass is 79.9. The van der Waals surface area contributed by atoms with Crippen molar-refractivity contribution in [3.05, 3.63) is 67.6 Å². The number of hydrogen-bond donors (Lipinski definition) is 0. The van der Waals surface area contributed by atoms with E-state index in [-0.39, 0.29) is 28.7 Å². The summed E-state index contributed by atoms with van der Waals surface area (Å²) in [5, 5.41) is 0.833. The number of carbonyl (C=O) groups is 1. The summed E-state index contributed by atoms with van der Waals surface area (Å²) in [6.07, 6.45) is 1.44. The van der Waals surface area contributed by atoms with Gasteiger partial charge < -0.3 is 4.90 Å². The van der Waals surface area contributed by atoms with E-state index in [4.69, 9.17) is 11.6 Å². The Bertz CT molecular complexity index is 1450. The molecule has 1 aromatic heterocycles. The molecule has 3 aromatic rings. The van der Waals surface area contributed by atoms with Gasteiger partial charge in [-0.15, -0.1) is 0 Å². The Morgan fingerprint density at radius 2 is 1.80 bits per heavy atom. The van der Waals surface area contributed by atoms with Crippen molar-refractivity contribution in [1.29, 1.82) is 0 Å². The highest BCUT2D eigenvalue weighted by Gasteiger charge is 2.21. The molecule has 0 saturated carbocycles. The van der Waals surface area contributed by atoms with E-state index in [1.165, 1.54) is 23.0 Å². The number of halogens is 2. The van der Waals surface area contributed by atoms with E-state index < -0.39 is 9.84 Å². The fourth-order valence-electron chi connectivity index (χ4n) is 4.23. The largest absolute Gasteiger partial charge is 0.340 e. The van der Waals surface area contributed by atoms with Crippen molar-refractivity contribution in [2.24, 2.45) is 0 Å². The molecular formula is C24H26BrClN4O4S. The van der Waals surface area contributed by atoms with E-state index in [2.05, 4.69) is 25.8 Å². The first kappa shape index (κ1) is 25.8. The van der Waals surface area contributed by atoms with Crippen molar-refractivity contribution >= 4 is 54.2 Å². The summed E-state index contributed by atoms with van der Waals surface area (Å²) < 4.78 is 27.3. The quantitative estimate of drug-likeness (QED) is 0.444. The molecule has 1 aliphatic rings. The third-order valence-electron chi connectivity index (χ3n) is 6.28. The van der Waals surface area contributed by atoms with E-state index >= 15 is 0 Å². The molecule has 186 valence electrons. The van der Waals surface area contributed by atoms with Crippen LogP contribution in [-0.2, 0) is 27.7 Å². The SMILES string of the molecule is CCS(=O)(=O)c1ccc(Cl)cc1Cn1cnc2cc(CN3CCN(C(C)=O)CC3)c(Br)cc2c1=O. The second-order valence-electron chi connectivity index (χ2n) is 8.58. The molecule has 0 N–H and O–H groups in total. The van der Waals surface area contributed by atoms with Gasteiger partial charge in [0.05, 0.1) is 34.4 Å². The van der Waals surface area contributed by atoms with Gasteiger partial charge >= 0.3 is 0 Å². The monoisotopic (exact) mass is 580 g/mol. The summed E-state index contributed by atoms with van der Waals surface area (Å²) in [7, 11) is -3.48. The number of sulfone groups is 1. The topological polar surface area (TPSA) is 92.6 Å². The first-order valence-corrected chi connectivity index (χ1v) is 14.1. The minimum Gasteiger partial charge on any atom is -0.340 e. The lowest BCUT2D eigenvalue weighted by molar-refractivity contribution is -0.130. The maximum atomic E-state index is 13.3. The fourth-order valence-corrected chi connectivity index (χ4v) is 6.00. The van der Waals surface area contributed by atoms with Crippen LogP contribution in [0.25, 0.3) is 10.9 Å². The van der Waals surface area contributed by atoms with Crippen LogP contribution in [0, 0.1) is 0 Å². The highest BCUT2D eigenvalue weighted by Crippen LogP contribution is 2.25. The zero-order valence-corrected chi connectivity index (χ0v) is 22.7. The van der Waals surface area contributed by atoms with Crippen molar-refractivity contribution in [1.82, 2.24) is 19.4 Å². The van der Waals surface area contributed by atoms with Crippen LogP contribution in [-0.4, -0.2) is 65.6 Å². The molecule has 11 heteroatoms. The van der Waals surface area contributed by atoms with Crippen molar-refractivity contribution in [2.75, 3.05) is 31.9 Å². The molecule has 4 rings (SSSR count). The molecule has 8 nitrogen and oxygen atoms in total. The second-order valence-corrected chi connectivity index (χ2v) is 12.1. The zero-order chi connectivity index (χ0) is 25.3. The minimum absolute atomic E-state index is 0.0384. The van der Waals surface area contributed by atoms with Gasteiger partial charge in [0.25, 0.3) is 5.56 Å². The van der Waals surface area contributed by atoms with Crippen molar-refractivity contribution in [2.45, 2.75) is 31.8 Å². The van der Waals surface area contributed by atoms with Crippen molar-refractivity contribution < 1.29 is 13.2 Å². The molecule has 35 heavy (non-hydrogen) atoms. The molecule has 0 bridgehead atoms. The van der Waals surface area contributed by atoms with Crippen molar-refractivity contribution in [3.8, 4) is 0 Å². The smallest absolute Gasteiger partial charge is 0.261 e. The summed E-state index contributed by atoms with van der Waals surface area (Å²) >= 11 is 9.72. The summed E-state index contributed by atoms with van der Waals surface area (Å²) in [6, 6.07) is 8.26. The number of carbonyl (C=O) groups excluding carboxylic acids is 1. The first-order valence-electron chi connectivity index (χ1n) is 11.3. The molecule has 0 spiro atoms. The number of nitrogens with zero attached hydrogens (tertiary/aromatic N) is 4. The van der Waals surface area contributed by atoms with Crippen LogP contribution in [0.2, 0.25) is 5.02 Å². The Kier molecular flexibility index (Phi) is 7.65. The normalized spacial score (nSPS) is 15.0. The molecular weight excluding hydrogens is 556 g/mol. The fraction of sp³-hybridized carbons (Fsp3) is 0.375. The molecule has 1 fully saturated rings. The number of piperazine rings is 1. The van der Waals surface area contributed by atoms with Gasteiger partial charge in [-0.1, -0.05) is 34.5 Å². The van der Waals surface area contributed by atoms with Gasteiger partial charge in [-0.2, -0.15) is 0 Å². The maximum absolute atomic E-state index is 13.3. The van der Waals surface area contributed by atoms with Crippen molar-refractivity contribution in [3.63, 3.8) is 0 Å². The average molecular weight is 582 g/mol. The van der Waals surface area contributed by atoms with Crippen LogP contribution < -0.4 is 5.56 Å². The number of aromatic nitrogens is 2. The molecule has 0 atom stereocenters. The maximum Gasteiger partial charge on any atom is 0.261 e. The Balaban J connectivity index is 1.62. The number of hydrogen-bond acceptors (Lipinski definition) is 6. The Labute approximate surface area is 217 Å².